The number of rotatable bonds is 7. The van der Waals surface area contributed by atoms with Gasteiger partial charge in [0.15, 0.2) is 0 Å². The molecule has 1 saturated heterocycles. The maximum absolute atomic E-state index is 9.76. The number of aliphatic hydroxyl groups is 1. The molecule has 2 fully saturated rings. The molecule has 0 unspecified atom stereocenters. The van der Waals surface area contributed by atoms with E-state index in [-0.39, 0.29) is 6.10 Å². The van der Waals surface area contributed by atoms with Crippen LogP contribution < -0.4 is 0 Å². The van der Waals surface area contributed by atoms with Crippen LogP contribution in [0.2, 0.25) is 0 Å². The maximum atomic E-state index is 9.76. The number of β-amino-alcohol motifs (C(OH)–C–C–N with tert-alkyl or cyclic N) is 1. The van der Waals surface area contributed by atoms with Crippen LogP contribution in [0, 0.1) is 0 Å². The van der Waals surface area contributed by atoms with Gasteiger partial charge in [0.1, 0.15) is 0 Å². The van der Waals surface area contributed by atoms with Gasteiger partial charge in [0.05, 0.1) is 18.8 Å². The van der Waals surface area contributed by atoms with Gasteiger partial charge in [0.2, 0.25) is 0 Å². The molecule has 0 aromatic heterocycles. The quantitative estimate of drug-likeness (QED) is 0.731. The van der Waals surface area contributed by atoms with Crippen LogP contribution in [0.5, 0.6) is 0 Å². The molecular formula is C19H31NO2. The molecule has 1 aliphatic heterocycles. The molecule has 1 aliphatic carbocycles. The Morgan fingerprint density at radius 2 is 2.09 bits per heavy atom. The zero-order valence-electron chi connectivity index (χ0n) is 13.9. The number of allylic oxidation sites excluding steroid dienone is 4. The normalized spacial score (nSPS) is 30.5. The van der Waals surface area contributed by atoms with E-state index in [4.69, 9.17) is 4.74 Å². The van der Waals surface area contributed by atoms with Crippen LogP contribution in [0.4, 0.5) is 0 Å². The molecule has 1 heterocycles. The standard InChI is InChI=1S/C19H31NO2/c1-3-4-5-8-16(2)12-14-22-19-10-7-6-9-18(19)20-13-11-17(21)15-20/h3-5,8,17-19,21H,2,6-7,9-15H2,1H3/b4-3-,8-5-/t17-,18+,19+/m1/s1. The van der Waals surface area contributed by atoms with Gasteiger partial charge in [0, 0.05) is 19.1 Å². The predicted molar refractivity (Wildman–Crippen MR) is 91.9 cm³/mol. The summed E-state index contributed by atoms with van der Waals surface area (Å²) in [6.45, 7) is 8.67. The van der Waals surface area contributed by atoms with Crippen LogP contribution in [0.1, 0.15) is 45.4 Å². The molecule has 0 aromatic rings. The summed E-state index contributed by atoms with van der Waals surface area (Å²) in [7, 11) is 0. The van der Waals surface area contributed by atoms with Crippen molar-refractivity contribution in [3.63, 3.8) is 0 Å². The van der Waals surface area contributed by atoms with Gasteiger partial charge in [-0.25, -0.2) is 0 Å². The third-order valence-electron chi connectivity index (χ3n) is 4.72. The summed E-state index contributed by atoms with van der Waals surface area (Å²) in [6.07, 6.45) is 15.0. The lowest BCUT2D eigenvalue weighted by atomic mass is 9.91. The highest BCUT2D eigenvalue weighted by Gasteiger charge is 2.34. The molecule has 1 N–H and O–H groups in total. The fourth-order valence-corrected chi connectivity index (χ4v) is 3.49. The Kier molecular flexibility index (Phi) is 7.37. The molecule has 3 nitrogen and oxygen atoms in total. The highest BCUT2D eigenvalue weighted by atomic mass is 16.5. The third kappa shape index (κ3) is 5.38. The SMILES string of the molecule is C=C(/C=C\C=C/C)CCO[C@H]1CCCC[C@@H]1N1CC[C@@H](O)C1. The fraction of sp³-hybridized carbons (Fsp3) is 0.684. The summed E-state index contributed by atoms with van der Waals surface area (Å²) in [6, 6.07) is 0.498. The largest absolute Gasteiger partial charge is 0.392 e. The molecule has 3 atom stereocenters. The monoisotopic (exact) mass is 305 g/mol. The zero-order chi connectivity index (χ0) is 15.8. The lowest BCUT2D eigenvalue weighted by molar-refractivity contribution is -0.0314. The molecular weight excluding hydrogens is 274 g/mol. The van der Waals surface area contributed by atoms with Crippen molar-refractivity contribution in [3.05, 3.63) is 36.5 Å². The summed E-state index contributed by atoms with van der Waals surface area (Å²) in [5.41, 5.74) is 1.11. The second-order valence-corrected chi connectivity index (χ2v) is 6.49. The van der Waals surface area contributed by atoms with Gasteiger partial charge in [-0.3, -0.25) is 4.90 Å². The Morgan fingerprint density at radius 1 is 1.27 bits per heavy atom. The Hall–Kier alpha value is -0.900. The average Bonchev–Trinajstić information content (AvgIpc) is 2.94. The number of ether oxygens (including phenoxy) is 1. The first-order chi connectivity index (χ1) is 10.7. The zero-order valence-corrected chi connectivity index (χ0v) is 13.9. The van der Waals surface area contributed by atoms with E-state index in [1.165, 1.54) is 19.3 Å². The van der Waals surface area contributed by atoms with E-state index in [1.54, 1.807) is 0 Å². The topological polar surface area (TPSA) is 32.7 Å². The molecule has 0 aromatic carbocycles. The third-order valence-corrected chi connectivity index (χ3v) is 4.72. The number of aliphatic hydroxyl groups excluding tert-OH is 1. The summed E-state index contributed by atoms with van der Waals surface area (Å²) >= 11 is 0. The van der Waals surface area contributed by atoms with Crippen molar-refractivity contribution in [2.45, 2.75) is 63.7 Å². The molecule has 22 heavy (non-hydrogen) atoms. The first kappa shape index (κ1) is 17.5. The van der Waals surface area contributed by atoms with E-state index in [0.717, 1.165) is 44.5 Å². The number of hydrogen-bond donors (Lipinski definition) is 1. The van der Waals surface area contributed by atoms with Crippen molar-refractivity contribution in [1.82, 2.24) is 4.90 Å². The van der Waals surface area contributed by atoms with Gasteiger partial charge < -0.3 is 9.84 Å². The van der Waals surface area contributed by atoms with Gasteiger partial charge in [-0.15, -0.1) is 0 Å². The van der Waals surface area contributed by atoms with Crippen LogP contribution in [0.3, 0.4) is 0 Å². The van der Waals surface area contributed by atoms with Crippen molar-refractivity contribution in [1.29, 1.82) is 0 Å². The molecule has 2 rings (SSSR count). The molecule has 0 radical (unpaired) electrons. The lowest BCUT2D eigenvalue weighted by Gasteiger charge is -2.37. The Bertz CT molecular complexity index is 402. The van der Waals surface area contributed by atoms with Crippen molar-refractivity contribution in [2.24, 2.45) is 0 Å². The van der Waals surface area contributed by atoms with E-state index in [9.17, 15) is 5.11 Å². The van der Waals surface area contributed by atoms with Crippen LogP contribution in [-0.2, 0) is 4.74 Å². The van der Waals surface area contributed by atoms with Crippen molar-refractivity contribution < 1.29 is 9.84 Å². The number of likely N-dealkylation sites (tertiary alicyclic amines) is 1. The second-order valence-electron chi connectivity index (χ2n) is 6.49. The van der Waals surface area contributed by atoms with Gasteiger partial charge in [-0.2, -0.15) is 0 Å². The van der Waals surface area contributed by atoms with Gasteiger partial charge >= 0.3 is 0 Å². The highest BCUT2D eigenvalue weighted by molar-refractivity contribution is 5.18. The molecule has 0 amide bonds. The van der Waals surface area contributed by atoms with Gasteiger partial charge in [0.25, 0.3) is 0 Å². The first-order valence-corrected chi connectivity index (χ1v) is 8.71. The van der Waals surface area contributed by atoms with Crippen molar-refractivity contribution in [2.75, 3.05) is 19.7 Å². The van der Waals surface area contributed by atoms with Crippen LogP contribution >= 0.6 is 0 Å². The number of hydrogen-bond acceptors (Lipinski definition) is 3. The molecule has 2 aliphatic rings. The smallest absolute Gasteiger partial charge is 0.0730 e. The van der Waals surface area contributed by atoms with Crippen molar-refractivity contribution in [3.8, 4) is 0 Å². The molecule has 0 bridgehead atoms. The Balaban J connectivity index is 1.75. The van der Waals surface area contributed by atoms with E-state index < -0.39 is 0 Å². The van der Waals surface area contributed by atoms with Crippen LogP contribution in [-0.4, -0.2) is 48.0 Å². The van der Waals surface area contributed by atoms with Crippen molar-refractivity contribution >= 4 is 0 Å². The van der Waals surface area contributed by atoms with E-state index in [2.05, 4.69) is 17.6 Å². The maximum Gasteiger partial charge on any atom is 0.0730 e. The summed E-state index contributed by atoms with van der Waals surface area (Å²) < 4.78 is 6.18. The van der Waals surface area contributed by atoms with Crippen LogP contribution in [0.25, 0.3) is 0 Å². The lowest BCUT2D eigenvalue weighted by Crippen LogP contribution is -2.46. The minimum absolute atomic E-state index is 0.140. The molecule has 124 valence electrons. The van der Waals surface area contributed by atoms with Gasteiger partial charge in [-0.1, -0.05) is 49.3 Å². The summed E-state index contributed by atoms with van der Waals surface area (Å²) in [5.74, 6) is 0. The molecule has 1 saturated carbocycles. The Labute approximate surface area is 135 Å². The van der Waals surface area contributed by atoms with E-state index in [1.807, 2.05) is 25.2 Å². The van der Waals surface area contributed by atoms with Gasteiger partial charge in [-0.05, 0) is 32.6 Å². The highest BCUT2D eigenvalue weighted by Crippen LogP contribution is 2.28. The summed E-state index contributed by atoms with van der Waals surface area (Å²) in [4.78, 5) is 2.44. The second kappa shape index (κ2) is 9.29. The Morgan fingerprint density at radius 3 is 2.82 bits per heavy atom. The average molecular weight is 305 g/mol. The van der Waals surface area contributed by atoms with Crippen LogP contribution in [0.15, 0.2) is 36.5 Å². The fourth-order valence-electron chi connectivity index (χ4n) is 3.49. The number of nitrogens with zero attached hydrogens (tertiary/aromatic N) is 1. The predicted octanol–water partition coefficient (Wildman–Crippen LogP) is 3.46. The minimum atomic E-state index is -0.140. The molecule has 3 heteroatoms. The van der Waals surface area contributed by atoms with E-state index in [0.29, 0.717) is 12.1 Å². The minimum Gasteiger partial charge on any atom is -0.392 e. The summed E-state index contributed by atoms with van der Waals surface area (Å²) in [5, 5.41) is 9.76. The molecule has 0 spiro atoms. The van der Waals surface area contributed by atoms with E-state index >= 15 is 0 Å². The first-order valence-electron chi connectivity index (χ1n) is 8.71.